The zero-order chi connectivity index (χ0) is 28.2. The van der Waals surface area contributed by atoms with Crippen LogP contribution >= 0.6 is 0 Å². The van der Waals surface area contributed by atoms with Crippen LogP contribution in [0.2, 0.25) is 0 Å². The van der Waals surface area contributed by atoms with Crippen molar-refractivity contribution < 1.29 is 23.1 Å². The Hall–Kier alpha value is -3.47. The highest BCUT2D eigenvalue weighted by Gasteiger charge is 2.33. The maximum atomic E-state index is 13.7. The van der Waals surface area contributed by atoms with Gasteiger partial charge in [0.1, 0.15) is 11.9 Å². The Labute approximate surface area is 230 Å². The second-order valence-electron chi connectivity index (χ2n) is 10.3. The Balaban J connectivity index is 1.63. The molecule has 1 aliphatic heterocycles. The zero-order valence-corrected chi connectivity index (χ0v) is 23.6. The average molecular weight is 553 g/mol. The number of amides is 1. The molecule has 208 valence electrons. The Morgan fingerprint density at radius 3 is 2.51 bits per heavy atom. The number of carbonyl (C=O) groups is 1. The molecule has 2 N–H and O–H groups in total. The molecule has 0 unspecified atom stereocenters. The summed E-state index contributed by atoms with van der Waals surface area (Å²) >= 11 is 0. The number of rotatable bonds is 9. The first-order valence-electron chi connectivity index (χ1n) is 13.0. The summed E-state index contributed by atoms with van der Waals surface area (Å²) in [5.41, 5.74) is 2.57. The van der Waals surface area contributed by atoms with Gasteiger partial charge in [0.25, 0.3) is 15.9 Å². The van der Waals surface area contributed by atoms with Crippen molar-refractivity contribution in [3.05, 3.63) is 83.7 Å². The highest BCUT2D eigenvalue weighted by Crippen LogP contribution is 2.31. The molecule has 3 aromatic rings. The second kappa shape index (κ2) is 12.1. The summed E-state index contributed by atoms with van der Waals surface area (Å²) in [6, 6.07) is 14.8. The summed E-state index contributed by atoms with van der Waals surface area (Å²) < 4.78 is 35.0. The van der Waals surface area contributed by atoms with E-state index in [2.05, 4.69) is 14.6 Å². The van der Waals surface area contributed by atoms with Gasteiger partial charge in [-0.25, -0.2) is 8.42 Å². The lowest BCUT2D eigenvalue weighted by Crippen LogP contribution is -2.49. The number of nitrogens with one attached hydrogen (secondary N) is 1. The summed E-state index contributed by atoms with van der Waals surface area (Å²) in [6.45, 7) is 7.20. The number of benzene rings is 2. The molecular weight excluding hydrogens is 516 g/mol. The third-order valence-corrected chi connectivity index (χ3v) is 8.34. The lowest BCUT2D eigenvalue weighted by molar-refractivity contribution is 0.0341. The van der Waals surface area contributed by atoms with Gasteiger partial charge in [0.15, 0.2) is 0 Å². The van der Waals surface area contributed by atoms with Gasteiger partial charge in [-0.15, -0.1) is 0 Å². The average Bonchev–Trinajstić information content (AvgIpc) is 2.91. The summed E-state index contributed by atoms with van der Waals surface area (Å²) in [5.74, 6) is 0.0244. The molecule has 0 saturated heterocycles. The fourth-order valence-electron chi connectivity index (χ4n) is 4.61. The van der Waals surface area contributed by atoms with E-state index in [1.54, 1.807) is 60.6 Å². The van der Waals surface area contributed by atoms with Crippen LogP contribution in [-0.4, -0.2) is 73.1 Å². The quantitative estimate of drug-likeness (QED) is 0.418. The van der Waals surface area contributed by atoms with Crippen LogP contribution in [0.3, 0.4) is 0 Å². The molecule has 10 heteroatoms. The molecule has 9 nitrogen and oxygen atoms in total. The van der Waals surface area contributed by atoms with Crippen LogP contribution in [0.4, 0.5) is 5.69 Å². The predicted octanol–water partition coefficient (Wildman–Crippen LogP) is 3.54. The van der Waals surface area contributed by atoms with Crippen molar-refractivity contribution in [3.63, 3.8) is 0 Å². The highest BCUT2D eigenvalue weighted by atomic mass is 32.2. The van der Waals surface area contributed by atoms with Gasteiger partial charge in [-0.05, 0) is 68.9 Å². The van der Waals surface area contributed by atoms with E-state index in [4.69, 9.17) is 4.74 Å². The summed E-state index contributed by atoms with van der Waals surface area (Å²) in [7, 11) is -1.84. The van der Waals surface area contributed by atoms with E-state index >= 15 is 0 Å². The molecule has 39 heavy (non-hydrogen) atoms. The van der Waals surface area contributed by atoms with E-state index in [9.17, 15) is 18.3 Å². The van der Waals surface area contributed by atoms with Gasteiger partial charge < -0.3 is 14.7 Å². The molecule has 3 atom stereocenters. The molecule has 1 aromatic heterocycles. The Bertz CT molecular complexity index is 1380. The number of aromatic nitrogens is 1. The first-order valence-corrected chi connectivity index (χ1v) is 14.4. The number of aliphatic hydroxyl groups excluding tert-OH is 1. The zero-order valence-electron chi connectivity index (χ0n) is 22.7. The van der Waals surface area contributed by atoms with Crippen LogP contribution in [0, 0.1) is 12.8 Å². The highest BCUT2D eigenvalue weighted by molar-refractivity contribution is 7.92. The number of hydrogen-bond donors (Lipinski definition) is 2. The number of hydrogen-bond acceptors (Lipinski definition) is 7. The number of likely N-dealkylation sites (N-methyl/N-ethyl adjacent to an activating group) is 1. The topological polar surface area (TPSA) is 112 Å². The maximum absolute atomic E-state index is 13.7. The fourth-order valence-corrected chi connectivity index (χ4v) is 5.66. The van der Waals surface area contributed by atoms with Crippen molar-refractivity contribution in [1.82, 2.24) is 14.8 Å². The number of nitrogens with zero attached hydrogens (tertiary/aromatic N) is 3. The van der Waals surface area contributed by atoms with Gasteiger partial charge in [-0.2, -0.15) is 0 Å². The SMILES string of the molecule is Cc1ccc(S(=O)(=O)Nc2ccc3c(c2)C(=O)N([C@@H](C)CO)C[C@@H](C)[C@H](CN(C)Cc2ccncc2)O3)cc1. The monoisotopic (exact) mass is 552 g/mol. The third-order valence-electron chi connectivity index (χ3n) is 6.94. The first-order chi connectivity index (χ1) is 18.6. The van der Waals surface area contributed by atoms with Gasteiger partial charge in [-0.3, -0.25) is 19.4 Å². The molecule has 4 rings (SSSR count). The second-order valence-corrected chi connectivity index (χ2v) is 12.0. The Morgan fingerprint density at radius 1 is 1.15 bits per heavy atom. The molecule has 0 aliphatic carbocycles. The smallest absolute Gasteiger partial charge is 0.261 e. The summed E-state index contributed by atoms with van der Waals surface area (Å²) in [6.07, 6.45) is 3.27. The molecule has 0 radical (unpaired) electrons. The van der Waals surface area contributed by atoms with Gasteiger partial charge >= 0.3 is 0 Å². The molecule has 0 bridgehead atoms. The van der Waals surface area contributed by atoms with Crippen molar-refractivity contribution >= 4 is 21.6 Å². The van der Waals surface area contributed by atoms with Crippen LogP contribution in [0.1, 0.15) is 35.3 Å². The maximum Gasteiger partial charge on any atom is 0.261 e. The van der Waals surface area contributed by atoms with E-state index in [-0.39, 0.29) is 40.7 Å². The van der Waals surface area contributed by atoms with Gasteiger partial charge in [0, 0.05) is 43.6 Å². The lowest BCUT2D eigenvalue weighted by Gasteiger charge is -2.38. The van der Waals surface area contributed by atoms with Crippen molar-refractivity contribution in [1.29, 1.82) is 0 Å². The number of ether oxygens (including phenoxy) is 1. The largest absolute Gasteiger partial charge is 0.488 e. The number of aryl methyl sites for hydroxylation is 1. The molecular formula is C29H36N4O5S. The Kier molecular flexibility index (Phi) is 8.89. The van der Waals surface area contributed by atoms with E-state index in [0.717, 1.165) is 11.1 Å². The van der Waals surface area contributed by atoms with Crippen molar-refractivity contribution in [2.45, 2.75) is 44.4 Å². The molecule has 0 fully saturated rings. The minimum Gasteiger partial charge on any atom is -0.488 e. The molecule has 0 spiro atoms. The van der Waals surface area contributed by atoms with E-state index < -0.39 is 16.1 Å². The number of fused-ring (bicyclic) bond motifs is 1. The standard InChI is InChI=1S/C29H36N4O5S/c1-20-5-8-25(9-6-20)39(36,37)31-24-7-10-27-26(15-24)29(35)33(22(3)19-34)16-21(2)28(38-27)18-32(4)17-23-11-13-30-14-12-23/h5-15,21-22,28,31,34H,16-19H2,1-4H3/t21-,22+,28+/m1/s1. The van der Waals surface area contributed by atoms with Gasteiger partial charge in [0.2, 0.25) is 0 Å². The van der Waals surface area contributed by atoms with Crippen LogP contribution < -0.4 is 9.46 Å². The minimum absolute atomic E-state index is 0.0318. The van der Waals surface area contributed by atoms with E-state index in [1.165, 1.54) is 6.07 Å². The summed E-state index contributed by atoms with van der Waals surface area (Å²) in [5, 5.41) is 9.90. The number of pyridine rings is 1. The Morgan fingerprint density at radius 2 is 1.85 bits per heavy atom. The van der Waals surface area contributed by atoms with Crippen molar-refractivity contribution in [2.75, 3.05) is 31.5 Å². The minimum atomic E-state index is -3.86. The number of aliphatic hydroxyl groups is 1. The van der Waals surface area contributed by atoms with Crippen LogP contribution in [0.15, 0.2) is 71.9 Å². The van der Waals surface area contributed by atoms with Crippen molar-refractivity contribution in [3.8, 4) is 5.75 Å². The number of carbonyl (C=O) groups excluding carboxylic acids is 1. The molecule has 0 saturated carbocycles. The molecule has 1 aliphatic rings. The molecule has 1 amide bonds. The predicted molar refractivity (Wildman–Crippen MR) is 150 cm³/mol. The molecule has 2 aromatic carbocycles. The first kappa shape index (κ1) is 28.5. The normalized spacial score (nSPS) is 18.6. The third kappa shape index (κ3) is 6.95. The van der Waals surface area contributed by atoms with Crippen molar-refractivity contribution in [2.24, 2.45) is 5.92 Å². The van der Waals surface area contributed by atoms with E-state index in [0.29, 0.717) is 25.4 Å². The van der Waals surface area contributed by atoms with Crippen LogP contribution in [-0.2, 0) is 16.6 Å². The van der Waals surface area contributed by atoms with Crippen LogP contribution in [0.25, 0.3) is 0 Å². The van der Waals surface area contributed by atoms with Crippen LogP contribution in [0.5, 0.6) is 5.75 Å². The summed E-state index contributed by atoms with van der Waals surface area (Å²) in [4.78, 5) is 21.7. The van der Waals surface area contributed by atoms with E-state index in [1.807, 2.05) is 33.0 Å². The number of anilines is 1. The fraction of sp³-hybridized carbons (Fsp3) is 0.379. The molecule has 2 heterocycles. The van der Waals surface area contributed by atoms with Gasteiger partial charge in [-0.1, -0.05) is 24.6 Å². The lowest BCUT2D eigenvalue weighted by atomic mass is 9.99. The van der Waals surface area contributed by atoms with Gasteiger partial charge in [0.05, 0.1) is 23.1 Å². The number of sulfonamides is 1.